The van der Waals surface area contributed by atoms with Crippen LogP contribution in [0.5, 0.6) is 0 Å². The molecule has 6 heteroatoms. The van der Waals surface area contributed by atoms with Crippen molar-refractivity contribution in [2.24, 2.45) is 0 Å². The second-order valence-electron chi connectivity index (χ2n) is 5.09. The van der Waals surface area contributed by atoms with Crippen molar-refractivity contribution in [1.82, 2.24) is 19.9 Å². The van der Waals surface area contributed by atoms with Gasteiger partial charge in [0.05, 0.1) is 17.6 Å². The average Bonchev–Trinajstić information content (AvgIpc) is 3.03. The molecule has 0 spiro atoms. The van der Waals surface area contributed by atoms with E-state index in [4.69, 9.17) is 0 Å². The number of aryl methyl sites for hydroxylation is 2. The van der Waals surface area contributed by atoms with Crippen molar-refractivity contribution < 1.29 is 9.59 Å². The molecule has 0 unspecified atom stereocenters. The number of carbonyl (C=O) groups is 2. The zero-order chi connectivity index (χ0) is 15.4. The highest BCUT2D eigenvalue weighted by Gasteiger charge is 2.19. The molecule has 2 aromatic heterocycles. The topological polar surface area (TPSA) is 79.8 Å². The lowest BCUT2D eigenvalue weighted by Gasteiger charge is -2.06. The van der Waals surface area contributed by atoms with E-state index in [9.17, 15) is 9.59 Å². The van der Waals surface area contributed by atoms with Crippen LogP contribution in [0.25, 0.3) is 0 Å². The number of Topliss-reactive ketones (excluding diaryl/α,β-unsaturated/α-hetero) is 1. The quantitative estimate of drug-likeness (QED) is 0.629. The third kappa shape index (κ3) is 3.39. The van der Waals surface area contributed by atoms with E-state index in [0.29, 0.717) is 23.4 Å². The molecule has 0 saturated heterocycles. The number of hydrogen-bond acceptors (Lipinski definition) is 3. The Morgan fingerprint density at radius 2 is 2.14 bits per heavy atom. The minimum Gasteiger partial charge on any atom is -0.355 e. The van der Waals surface area contributed by atoms with E-state index < -0.39 is 0 Å². The monoisotopic (exact) mass is 288 g/mol. The van der Waals surface area contributed by atoms with Gasteiger partial charge in [0.1, 0.15) is 0 Å². The molecule has 21 heavy (non-hydrogen) atoms. The molecular formula is C15H20N4O2. The predicted molar refractivity (Wildman–Crippen MR) is 79.4 cm³/mol. The summed E-state index contributed by atoms with van der Waals surface area (Å²) in [5.41, 5.74) is 2.52. The summed E-state index contributed by atoms with van der Waals surface area (Å²) in [6, 6.07) is 0. The Morgan fingerprint density at radius 3 is 2.71 bits per heavy atom. The van der Waals surface area contributed by atoms with E-state index in [1.54, 1.807) is 26.4 Å². The number of amides is 1. The molecule has 1 amide bonds. The van der Waals surface area contributed by atoms with Gasteiger partial charge >= 0.3 is 0 Å². The van der Waals surface area contributed by atoms with E-state index in [0.717, 1.165) is 18.7 Å². The van der Waals surface area contributed by atoms with Gasteiger partial charge in [-0.15, -0.1) is 0 Å². The molecule has 2 N–H and O–H groups in total. The number of ketones is 1. The van der Waals surface area contributed by atoms with E-state index >= 15 is 0 Å². The first-order chi connectivity index (χ1) is 10.0. The Balaban J connectivity index is 1.93. The zero-order valence-corrected chi connectivity index (χ0v) is 12.6. The molecule has 0 atom stereocenters. The number of hydrogen-bond donors (Lipinski definition) is 2. The van der Waals surface area contributed by atoms with E-state index in [2.05, 4.69) is 15.3 Å². The van der Waals surface area contributed by atoms with Crippen molar-refractivity contribution in [1.29, 1.82) is 0 Å². The van der Waals surface area contributed by atoms with Crippen molar-refractivity contribution in [3.05, 3.63) is 41.2 Å². The predicted octanol–water partition coefficient (Wildman–Crippen LogP) is 1.85. The van der Waals surface area contributed by atoms with Crippen LogP contribution in [0.4, 0.5) is 0 Å². The lowest BCUT2D eigenvalue weighted by atomic mass is 10.1. The first-order valence-corrected chi connectivity index (χ1v) is 6.94. The molecule has 0 radical (unpaired) electrons. The minimum atomic E-state index is -0.139. The summed E-state index contributed by atoms with van der Waals surface area (Å²) in [6.07, 6.45) is 6.20. The van der Waals surface area contributed by atoms with Crippen LogP contribution >= 0.6 is 0 Å². The van der Waals surface area contributed by atoms with Crippen LogP contribution < -0.4 is 5.32 Å². The fourth-order valence-electron chi connectivity index (χ4n) is 2.41. The normalized spacial score (nSPS) is 10.6. The number of nitrogens with zero attached hydrogens (tertiary/aromatic N) is 2. The summed E-state index contributed by atoms with van der Waals surface area (Å²) < 4.78 is 1.97. The summed E-state index contributed by atoms with van der Waals surface area (Å²) in [7, 11) is 0. The molecule has 0 aliphatic rings. The van der Waals surface area contributed by atoms with Gasteiger partial charge in [0, 0.05) is 38.1 Å². The Morgan fingerprint density at radius 1 is 1.38 bits per heavy atom. The Kier molecular flexibility index (Phi) is 4.57. The molecule has 6 nitrogen and oxygen atoms in total. The number of H-pyrrole nitrogens is 1. The van der Waals surface area contributed by atoms with Gasteiger partial charge in [0.15, 0.2) is 5.78 Å². The number of rotatable bonds is 6. The van der Waals surface area contributed by atoms with Gasteiger partial charge in [-0.2, -0.15) is 0 Å². The number of aromatic nitrogens is 3. The largest absolute Gasteiger partial charge is 0.355 e. The van der Waals surface area contributed by atoms with Crippen LogP contribution in [0.3, 0.4) is 0 Å². The summed E-state index contributed by atoms with van der Waals surface area (Å²) in [5.74, 6) is -0.200. The number of nitrogens with one attached hydrogen (secondary N) is 2. The summed E-state index contributed by atoms with van der Waals surface area (Å²) in [5, 5.41) is 2.89. The van der Waals surface area contributed by atoms with E-state index in [1.165, 1.54) is 6.92 Å². The molecule has 2 heterocycles. The molecule has 2 rings (SSSR count). The van der Waals surface area contributed by atoms with E-state index in [1.807, 2.05) is 10.8 Å². The van der Waals surface area contributed by atoms with Gasteiger partial charge in [-0.05, 0) is 25.8 Å². The van der Waals surface area contributed by atoms with Gasteiger partial charge in [0.2, 0.25) is 0 Å². The van der Waals surface area contributed by atoms with Gasteiger partial charge in [-0.25, -0.2) is 4.98 Å². The van der Waals surface area contributed by atoms with Crippen molar-refractivity contribution in [2.45, 2.75) is 33.7 Å². The molecule has 112 valence electrons. The number of aromatic amines is 1. The highest BCUT2D eigenvalue weighted by molar-refractivity contribution is 6.02. The first-order valence-electron chi connectivity index (χ1n) is 6.94. The fraction of sp³-hybridized carbons (Fsp3) is 0.400. The molecule has 0 aliphatic heterocycles. The summed E-state index contributed by atoms with van der Waals surface area (Å²) in [4.78, 5) is 30.6. The maximum atomic E-state index is 12.2. The van der Waals surface area contributed by atoms with Gasteiger partial charge < -0.3 is 14.9 Å². The minimum absolute atomic E-state index is 0.0604. The van der Waals surface area contributed by atoms with Crippen LogP contribution in [0.15, 0.2) is 18.7 Å². The molecular weight excluding hydrogens is 268 g/mol. The second-order valence-corrected chi connectivity index (χ2v) is 5.09. The molecule has 0 saturated carbocycles. The van der Waals surface area contributed by atoms with Crippen LogP contribution in [0.2, 0.25) is 0 Å². The van der Waals surface area contributed by atoms with Crippen LogP contribution in [-0.2, 0) is 6.54 Å². The fourth-order valence-corrected chi connectivity index (χ4v) is 2.41. The standard InChI is InChI=1S/C15H20N4O2/c1-10-13(11(2)18-14(10)12(3)20)15(21)17-5-4-7-19-8-6-16-9-19/h6,8-9,18H,4-5,7H2,1-3H3,(H,17,21). The second kappa shape index (κ2) is 6.39. The SMILES string of the molecule is CC(=O)c1[nH]c(C)c(C(=O)NCCCn2ccnc2)c1C. The van der Waals surface area contributed by atoms with Gasteiger partial charge in [-0.1, -0.05) is 0 Å². The van der Waals surface area contributed by atoms with Gasteiger partial charge in [0.25, 0.3) is 5.91 Å². The van der Waals surface area contributed by atoms with Gasteiger partial charge in [-0.3, -0.25) is 9.59 Å². The zero-order valence-electron chi connectivity index (χ0n) is 12.6. The third-order valence-electron chi connectivity index (χ3n) is 3.45. The smallest absolute Gasteiger partial charge is 0.253 e. The highest BCUT2D eigenvalue weighted by atomic mass is 16.1. The van der Waals surface area contributed by atoms with Crippen LogP contribution in [-0.4, -0.2) is 32.8 Å². The lowest BCUT2D eigenvalue weighted by molar-refractivity contribution is 0.0951. The molecule has 0 bridgehead atoms. The Hall–Kier alpha value is -2.37. The van der Waals surface area contributed by atoms with Crippen molar-refractivity contribution in [2.75, 3.05) is 6.54 Å². The highest BCUT2D eigenvalue weighted by Crippen LogP contribution is 2.18. The van der Waals surface area contributed by atoms with Crippen LogP contribution in [0, 0.1) is 13.8 Å². The number of carbonyl (C=O) groups excluding carboxylic acids is 2. The molecule has 0 aliphatic carbocycles. The maximum Gasteiger partial charge on any atom is 0.253 e. The van der Waals surface area contributed by atoms with Crippen molar-refractivity contribution in [3.8, 4) is 0 Å². The first kappa shape index (κ1) is 15.0. The Bertz CT molecular complexity index is 641. The molecule has 0 fully saturated rings. The van der Waals surface area contributed by atoms with E-state index in [-0.39, 0.29) is 11.7 Å². The Labute approximate surface area is 123 Å². The maximum absolute atomic E-state index is 12.2. The summed E-state index contributed by atoms with van der Waals surface area (Å²) in [6.45, 7) is 6.48. The number of imidazole rings is 1. The third-order valence-corrected chi connectivity index (χ3v) is 3.45. The summed E-state index contributed by atoms with van der Waals surface area (Å²) >= 11 is 0. The lowest BCUT2D eigenvalue weighted by Crippen LogP contribution is -2.26. The molecule has 0 aromatic carbocycles. The van der Waals surface area contributed by atoms with Crippen molar-refractivity contribution >= 4 is 11.7 Å². The average molecular weight is 288 g/mol. The van der Waals surface area contributed by atoms with Crippen LogP contribution in [0.1, 0.15) is 45.4 Å². The van der Waals surface area contributed by atoms with Crippen molar-refractivity contribution in [3.63, 3.8) is 0 Å². The molecule has 2 aromatic rings.